The molecule has 0 fully saturated rings. The van der Waals surface area contributed by atoms with E-state index in [2.05, 4.69) is 5.32 Å². The van der Waals surface area contributed by atoms with Gasteiger partial charge in [-0.3, -0.25) is 4.79 Å². The molecule has 1 aromatic rings. The van der Waals surface area contributed by atoms with Crippen molar-refractivity contribution in [2.24, 2.45) is 5.41 Å². The molecular weight excluding hydrogens is 280 g/mol. The molecule has 1 rings (SSSR count). The van der Waals surface area contributed by atoms with Gasteiger partial charge in [-0.25, -0.2) is 8.78 Å². The molecule has 0 heterocycles. The van der Waals surface area contributed by atoms with Crippen LogP contribution in [-0.4, -0.2) is 31.3 Å². The van der Waals surface area contributed by atoms with Gasteiger partial charge in [0.2, 0.25) is 0 Å². The third-order valence-corrected chi connectivity index (χ3v) is 3.96. The number of benzene rings is 1. The van der Waals surface area contributed by atoms with E-state index in [9.17, 15) is 18.7 Å². The molecule has 1 amide bonds. The lowest BCUT2D eigenvalue weighted by atomic mass is 9.83. The molecule has 118 valence electrons. The number of rotatable bonds is 7. The minimum atomic E-state index is -1.03. The van der Waals surface area contributed by atoms with Crippen LogP contribution in [0.15, 0.2) is 12.1 Å². The molecule has 0 atom stereocenters. The Morgan fingerprint density at radius 1 is 1.33 bits per heavy atom. The maximum absolute atomic E-state index is 14.0. The quantitative estimate of drug-likeness (QED) is 0.813. The largest absolute Gasteiger partial charge is 0.494 e. The summed E-state index contributed by atoms with van der Waals surface area (Å²) >= 11 is 0. The van der Waals surface area contributed by atoms with Gasteiger partial charge in [-0.1, -0.05) is 13.8 Å². The zero-order valence-electron chi connectivity index (χ0n) is 12.5. The summed E-state index contributed by atoms with van der Waals surface area (Å²) in [4.78, 5) is 12.0. The molecule has 0 aliphatic rings. The molecule has 0 bridgehead atoms. The summed E-state index contributed by atoms with van der Waals surface area (Å²) in [6.07, 6.45) is 1.28. The molecule has 0 saturated heterocycles. The predicted octanol–water partition coefficient (Wildman–Crippen LogP) is 2.50. The van der Waals surface area contributed by atoms with E-state index in [-0.39, 0.29) is 18.9 Å². The fourth-order valence-corrected chi connectivity index (χ4v) is 2.03. The molecule has 21 heavy (non-hydrogen) atoms. The number of ether oxygens (including phenoxy) is 1. The molecule has 0 unspecified atom stereocenters. The first-order valence-corrected chi connectivity index (χ1v) is 6.85. The summed E-state index contributed by atoms with van der Waals surface area (Å²) in [6, 6.07) is 2.10. The number of aliphatic hydroxyl groups is 1. The standard InChI is InChI=1S/C15H21F2NO3/c1-4-15(5-2,9-19)8-18-14(20)12-10(16)6-7-11(21-3)13(12)17/h6-7,19H,4-5,8-9H2,1-3H3,(H,18,20). The van der Waals surface area contributed by atoms with Crippen molar-refractivity contribution in [3.05, 3.63) is 29.3 Å². The first-order valence-electron chi connectivity index (χ1n) is 6.85. The van der Waals surface area contributed by atoms with Gasteiger partial charge in [-0.05, 0) is 25.0 Å². The van der Waals surface area contributed by atoms with Crippen molar-refractivity contribution in [1.29, 1.82) is 0 Å². The molecule has 2 N–H and O–H groups in total. The third kappa shape index (κ3) is 3.69. The minimum absolute atomic E-state index is 0.108. The first-order chi connectivity index (χ1) is 9.94. The number of amides is 1. The molecule has 0 saturated carbocycles. The van der Waals surface area contributed by atoms with Crippen molar-refractivity contribution in [1.82, 2.24) is 5.32 Å². The lowest BCUT2D eigenvalue weighted by Crippen LogP contribution is -2.40. The zero-order valence-corrected chi connectivity index (χ0v) is 12.5. The minimum Gasteiger partial charge on any atom is -0.494 e. The van der Waals surface area contributed by atoms with Gasteiger partial charge in [0, 0.05) is 12.0 Å². The van der Waals surface area contributed by atoms with E-state index in [0.717, 1.165) is 12.1 Å². The van der Waals surface area contributed by atoms with Crippen LogP contribution in [0.1, 0.15) is 37.0 Å². The first kappa shape index (κ1) is 17.4. The number of hydrogen-bond acceptors (Lipinski definition) is 3. The number of methoxy groups -OCH3 is 1. The second-order valence-electron chi connectivity index (χ2n) is 4.99. The average molecular weight is 301 g/mol. The SMILES string of the molecule is CCC(CC)(CO)CNC(=O)c1c(F)ccc(OC)c1F. The van der Waals surface area contributed by atoms with Gasteiger partial charge in [0.05, 0.1) is 13.7 Å². The highest BCUT2D eigenvalue weighted by Gasteiger charge is 2.28. The Hall–Kier alpha value is -1.69. The van der Waals surface area contributed by atoms with Gasteiger partial charge in [0.25, 0.3) is 5.91 Å². The van der Waals surface area contributed by atoms with Gasteiger partial charge < -0.3 is 15.2 Å². The Bertz CT molecular complexity index is 494. The Morgan fingerprint density at radius 3 is 2.43 bits per heavy atom. The van der Waals surface area contributed by atoms with Crippen molar-refractivity contribution in [2.75, 3.05) is 20.3 Å². The molecule has 0 aliphatic carbocycles. The molecule has 1 aromatic carbocycles. The molecule has 0 aliphatic heterocycles. The van der Waals surface area contributed by atoms with Crippen LogP contribution in [0.3, 0.4) is 0 Å². The van der Waals surface area contributed by atoms with E-state index in [1.54, 1.807) is 0 Å². The number of aliphatic hydroxyl groups excluding tert-OH is 1. The lowest BCUT2D eigenvalue weighted by Gasteiger charge is -2.29. The van der Waals surface area contributed by atoms with Crippen molar-refractivity contribution in [3.63, 3.8) is 0 Å². The number of carbonyl (C=O) groups is 1. The Morgan fingerprint density at radius 2 is 1.95 bits per heavy atom. The normalized spacial score (nSPS) is 11.3. The summed E-state index contributed by atoms with van der Waals surface area (Å²) in [5, 5.41) is 11.9. The second-order valence-corrected chi connectivity index (χ2v) is 4.99. The van der Waals surface area contributed by atoms with Crippen LogP contribution in [0.2, 0.25) is 0 Å². The number of nitrogens with one attached hydrogen (secondary N) is 1. The maximum atomic E-state index is 14.0. The predicted molar refractivity (Wildman–Crippen MR) is 75.3 cm³/mol. The van der Waals surface area contributed by atoms with Crippen LogP contribution < -0.4 is 10.1 Å². The van der Waals surface area contributed by atoms with Gasteiger partial charge in [-0.2, -0.15) is 0 Å². The van der Waals surface area contributed by atoms with Crippen LogP contribution in [0, 0.1) is 17.0 Å². The third-order valence-electron chi connectivity index (χ3n) is 3.96. The average Bonchev–Trinajstić information content (AvgIpc) is 2.49. The van der Waals surface area contributed by atoms with Crippen LogP contribution in [0.5, 0.6) is 5.75 Å². The van der Waals surface area contributed by atoms with Crippen LogP contribution in [0.4, 0.5) is 8.78 Å². The monoisotopic (exact) mass is 301 g/mol. The van der Waals surface area contributed by atoms with Crippen LogP contribution in [0.25, 0.3) is 0 Å². The summed E-state index contributed by atoms with van der Waals surface area (Å²) in [6.45, 7) is 3.81. The fraction of sp³-hybridized carbons (Fsp3) is 0.533. The summed E-state index contributed by atoms with van der Waals surface area (Å²) in [5.74, 6) is -3.03. The lowest BCUT2D eigenvalue weighted by molar-refractivity contribution is 0.0843. The van der Waals surface area contributed by atoms with Gasteiger partial charge >= 0.3 is 0 Å². The van der Waals surface area contributed by atoms with Crippen molar-refractivity contribution in [3.8, 4) is 5.75 Å². The van der Waals surface area contributed by atoms with Crippen LogP contribution >= 0.6 is 0 Å². The summed E-state index contributed by atoms with van der Waals surface area (Å²) < 4.78 is 32.4. The summed E-state index contributed by atoms with van der Waals surface area (Å²) in [5.41, 5.74) is -1.16. The second kappa shape index (κ2) is 7.36. The topological polar surface area (TPSA) is 58.6 Å². The fourth-order valence-electron chi connectivity index (χ4n) is 2.03. The zero-order chi connectivity index (χ0) is 16.0. The molecule has 0 aromatic heterocycles. The highest BCUT2D eigenvalue weighted by Crippen LogP contribution is 2.26. The molecule has 4 nitrogen and oxygen atoms in total. The smallest absolute Gasteiger partial charge is 0.257 e. The van der Waals surface area contributed by atoms with Gasteiger partial charge in [-0.15, -0.1) is 0 Å². The van der Waals surface area contributed by atoms with Gasteiger partial charge in [0.1, 0.15) is 11.4 Å². The molecule has 0 spiro atoms. The van der Waals surface area contributed by atoms with E-state index in [0.29, 0.717) is 12.8 Å². The number of halogens is 2. The Kier molecular flexibility index (Phi) is 6.08. The van der Waals surface area contributed by atoms with E-state index in [1.807, 2.05) is 13.8 Å². The molecular formula is C15H21F2NO3. The van der Waals surface area contributed by atoms with Crippen molar-refractivity contribution < 1.29 is 23.4 Å². The van der Waals surface area contributed by atoms with Crippen LogP contribution in [-0.2, 0) is 0 Å². The summed E-state index contributed by atoms with van der Waals surface area (Å²) in [7, 11) is 1.24. The highest BCUT2D eigenvalue weighted by molar-refractivity contribution is 5.95. The highest BCUT2D eigenvalue weighted by atomic mass is 19.1. The maximum Gasteiger partial charge on any atom is 0.257 e. The van der Waals surface area contributed by atoms with Gasteiger partial charge in [0.15, 0.2) is 11.6 Å². The van der Waals surface area contributed by atoms with Crippen molar-refractivity contribution in [2.45, 2.75) is 26.7 Å². The van der Waals surface area contributed by atoms with E-state index >= 15 is 0 Å². The Balaban J connectivity index is 2.95. The number of carbonyl (C=O) groups excluding carboxylic acids is 1. The van der Waals surface area contributed by atoms with Crippen molar-refractivity contribution >= 4 is 5.91 Å². The molecule has 0 radical (unpaired) electrons. The van der Waals surface area contributed by atoms with E-state index < -0.39 is 28.5 Å². The van der Waals surface area contributed by atoms with E-state index in [4.69, 9.17) is 4.74 Å². The molecule has 6 heteroatoms. The Labute approximate surface area is 123 Å². The van der Waals surface area contributed by atoms with E-state index in [1.165, 1.54) is 7.11 Å². The number of hydrogen-bond donors (Lipinski definition) is 2.